The van der Waals surface area contributed by atoms with Crippen LogP contribution in [-0.4, -0.2) is 74.9 Å². The fraction of sp³-hybridized carbons (Fsp3) is 0.458. The first-order valence-electron chi connectivity index (χ1n) is 10.9. The lowest BCUT2D eigenvalue weighted by molar-refractivity contribution is 0.172. The molecule has 0 aliphatic carbocycles. The van der Waals surface area contributed by atoms with Crippen LogP contribution in [0, 0.1) is 0 Å². The number of phenols is 1. The summed E-state index contributed by atoms with van der Waals surface area (Å²) in [5, 5.41) is 12.9. The average molecular weight is 570 g/mol. The number of phenolic OH excluding ortho intramolecular Hbond substituents is 1. The quantitative estimate of drug-likeness (QED) is 0.287. The van der Waals surface area contributed by atoms with Gasteiger partial charge in [-0.15, -0.1) is 24.0 Å². The number of hydrogen-bond donors (Lipinski definition) is 2. The zero-order chi connectivity index (χ0) is 22.9. The first kappa shape index (κ1) is 26.8. The molecule has 0 atom stereocenters. The van der Waals surface area contributed by atoms with Gasteiger partial charge in [-0.1, -0.05) is 12.1 Å². The van der Waals surface area contributed by atoms with Gasteiger partial charge in [0.05, 0.1) is 27.9 Å². The van der Waals surface area contributed by atoms with Crippen molar-refractivity contribution < 1.29 is 19.3 Å². The van der Waals surface area contributed by atoms with Crippen LogP contribution in [0.15, 0.2) is 41.4 Å². The minimum atomic E-state index is 0. The van der Waals surface area contributed by atoms with Crippen LogP contribution >= 0.6 is 24.0 Å². The molecule has 1 aliphatic heterocycles. The third kappa shape index (κ3) is 7.29. The number of ether oxygens (including phenoxy) is 3. The van der Waals surface area contributed by atoms with E-state index in [-0.39, 0.29) is 29.7 Å². The average Bonchev–Trinajstić information content (AvgIpc) is 2.82. The topological polar surface area (TPSA) is 78.8 Å². The number of halogens is 1. The van der Waals surface area contributed by atoms with E-state index in [0.717, 1.165) is 56.4 Å². The molecule has 0 aromatic heterocycles. The Hall–Kier alpha value is -2.40. The smallest absolute Gasteiger partial charge is 0.203 e. The number of hydrogen-bond acceptors (Lipinski definition) is 6. The van der Waals surface area contributed by atoms with Crippen molar-refractivity contribution in [3.8, 4) is 23.0 Å². The second-order valence-corrected chi connectivity index (χ2v) is 7.63. The summed E-state index contributed by atoms with van der Waals surface area (Å²) >= 11 is 0. The van der Waals surface area contributed by atoms with Crippen molar-refractivity contribution in [1.29, 1.82) is 0 Å². The first-order chi connectivity index (χ1) is 15.6. The molecule has 1 fully saturated rings. The summed E-state index contributed by atoms with van der Waals surface area (Å²) in [6.07, 6.45) is 0. The number of nitrogens with one attached hydrogen (secondary N) is 1. The first-order valence-corrected chi connectivity index (χ1v) is 10.9. The minimum Gasteiger partial charge on any atom is -0.508 e. The van der Waals surface area contributed by atoms with Crippen LogP contribution in [0.5, 0.6) is 23.0 Å². The van der Waals surface area contributed by atoms with Crippen LogP contribution in [0.25, 0.3) is 0 Å². The van der Waals surface area contributed by atoms with E-state index >= 15 is 0 Å². The monoisotopic (exact) mass is 570 g/mol. The standard InChI is InChI=1S/C24H34N4O4.HI/c1-5-25-24(26-16-18-6-8-20(29)9-7-18)28-12-10-27(11-13-28)17-19-14-21(30-2)23(32-4)22(15-19)31-3;/h6-9,14-15,29H,5,10-13,16-17H2,1-4H3,(H,25,26);1H. The molecule has 1 heterocycles. The maximum atomic E-state index is 9.46. The summed E-state index contributed by atoms with van der Waals surface area (Å²) in [5.74, 6) is 3.16. The van der Waals surface area contributed by atoms with E-state index in [1.807, 2.05) is 24.3 Å². The molecular formula is C24H35IN4O4. The molecule has 0 radical (unpaired) electrons. The molecule has 1 saturated heterocycles. The van der Waals surface area contributed by atoms with Gasteiger partial charge in [-0.3, -0.25) is 4.90 Å². The van der Waals surface area contributed by atoms with Crippen molar-refractivity contribution >= 4 is 29.9 Å². The van der Waals surface area contributed by atoms with Gasteiger partial charge in [0.25, 0.3) is 0 Å². The summed E-state index contributed by atoms with van der Waals surface area (Å²) in [7, 11) is 4.89. The zero-order valence-electron chi connectivity index (χ0n) is 19.8. The Morgan fingerprint density at radius 3 is 2.06 bits per heavy atom. The van der Waals surface area contributed by atoms with Crippen LogP contribution in [-0.2, 0) is 13.1 Å². The molecule has 33 heavy (non-hydrogen) atoms. The molecule has 0 spiro atoms. The Morgan fingerprint density at radius 2 is 1.55 bits per heavy atom. The van der Waals surface area contributed by atoms with Crippen molar-refractivity contribution in [2.45, 2.75) is 20.0 Å². The SMILES string of the molecule is CCNC(=NCc1ccc(O)cc1)N1CCN(Cc2cc(OC)c(OC)c(OC)c2)CC1.I. The zero-order valence-corrected chi connectivity index (χ0v) is 22.2. The van der Waals surface area contributed by atoms with Gasteiger partial charge in [0, 0.05) is 39.3 Å². The van der Waals surface area contributed by atoms with Crippen molar-refractivity contribution in [2.75, 3.05) is 54.1 Å². The lowest BCUT2D eigenvalue weighted by Crippen LogP contribution is -2.52. The fourth-order valence-electron chi connectivity index (χ4n) is 3.80. The minimum absolute atomic E-state index is 0. The molecule has 2 aromatic carbocycles. The Balaban J connectivity index is 0.00000385. The van der Waals surface area contributed by atoms with Crippen molar-refractivity contribution in [3.05, 3.63) is 47.5 Å². The molecule has 0 amide bonds. The van der Waals surface area contributed by atoms with Gasteiger partial charge in [-0.05, 0) is 42.3 Å². The normalized spacial score (nSPS) is 14.4. The second kappa shape index (κ2) is 13.3. The highest BCUT2D eigenvalue weighted by atomic mass is 127. The van der Waals surface area contributed by atoms with Crippen LogP contribution in [0.2, 0.25) is 0 Å². The van der Waals surface area contributed by atoms with E-state index in [2.05, 4.69) is 22.0 Å². The molecule has 2 aromatic rings. The summed E-state index contributed by atoms with van der Waals surface area (Å²) in [6.45, 7) is 7.94. The molecule has 2 N–H and O–H groups in total. The lowest BCUT2D eigenvalue weighted by Gasteiger charge is -2.36. The van der Waals surface area contributed by atoms with Gasteiger partial charge in [-0.25, -0.2) is 4.99 Å². The molecule has 0 unspecified atom stereocenters. The highest BCUT2D eigenvalue weighted by molar-refractivity contribution is 14.0. The van der Waals surface area contributed by atoms with Gasteiger partial charge < -0.3 is 29.5 Å². The molecule has 8 nitrogen and oxygen atoms in total. The summed E-state index contributed by atoms with van der Waals surface area (Å²) < 4.78 is 16.4. The third-order valence-electron chi connectivity index (χ3n) is 5.49. The van der Waals surface area contributed by atoms with E-state index < -0.39 is 0 Å². The fourth-order valence-corrected chi connectivity index (χ4v) is 3.80. The summed E-state index contributed by atoms with van der Waals surface area (Å²) in [5.41, 5.74) is 2.19. The van der Waals surface area contributed by atoms with Crippen molar-refractivity contribution in [2.24, 2.45) is 4.99 Å². The third-order valence-corrected chi connectivity index (χ3v) is 5.49. The van der Waals surface area contributed by atoms with Crippen molar-refractivity contribution in [3.63, 3.8) is 0 Å². The Bertz CT molecular complexity index is 875. The number of nitrogens with zero attached hydrogens (tertiary/aromatic N) is 3. The molecule has 182 valence electrons. The van der Waals surface area contributed by atoms with Gasteiger partial charge in [0.15, 0.2) is 17.5 Å². The lowest BCUT2D eigenvalue weighted by atomic mass is 10.1. The van der Waals surface area contributed by atoms with E-state index in [4.69, 9.17) is 19.2 Å². The Kier molecular flexibility index (Phi) is 10.9. The van der Waals surface area contributed by atoms with Crippen LogP contribution in [0.1, 0.15) is 18.1 Å². The van der Waals surface area contributed by atoms with Crippen molar-refractivity contribution in [1.82, 2.24) is 15.1 Å². The molecule has 0 saturated carbocycles. The molecular weight excluding hydrogens is 535 g/mol. The largest absolute Gasteiger partial charge is 0.508 e. The highest BCUT2D eigenvalue weighted by Crippen LogP contribution is 2.38. The predicted octanol–water partition coefficient (Wildman–Crippen LogP) is 3.32. The van der Waals surface area contributed by atoms with Gasteiger partial charge in [0.1, 0.15) is 5.75 Å². The van der Waals surface area contributed by atoms with E-state index in [1.165, 1.54) is 0 Å². The predicted molar refractivity (Wildman–Crippen MR) is 141 cm³/mol. The summed E-state index contributed by atoms with van der Waals surface area (Å²) in [4.78, 5) is 9.51. The maximum Gasteiger partial charge on any atom is 0.203 e. The van der Waals surface area contributed by atoms with Crippen LogP contribution in [0.3, 0.4) is 0 Å². The van der Waals surface area contributed by atoms with Gasteiger partial charge in [0.2, 0.25) is 5.75 Å². The Labute approximate surface area is 213 Å². The molecule has 1 aliphatic rings. The number of rotatable bonds is 8. The molecule has 3 rings (SSSR count). The number of guanidine groups is 1. The summed E-state index contributed by atoms with van der Waals surface area (Å²) in [6, 6.07) is 11.2. The van der Waals surface area contributed by atoms with Gasteiger partial charge >= 0.3 is 0 Å². The van der Waals surface area contributed by atoms with Crippen LogP contribution in [0.4, 0.5) is 0 Å². The number of aromatic hydroxyl groups is 1. The number of aliphatic imine (C=N–C) groups is 1. The van der Waals surface area contributed by atoms with E-state index in [9.17, 15) is 5.11 Å². The molecule has 9 heteroatoms. The van der Waals surface area contributed by atoms with Gasteiger partial charge in [-0.2, -0.15) is 0 Å². The van der Waals surface area contributed by atoms with Crippen LogP contribution < -0.4 is 19.5 Å². The van der Waals surface area contributed by atoms with E-state index in [0.29, 0.717) is 23.8 Å². The number of methoxy groups -OCH3 is 3. The Morgan fingerprint density at radius 1 is 0.939 bits per heavy atom. The second-order valence-electron chi connectivity index (χ2n) is 7.63. The number of benzene rings is 2. The number of piperazine rings is 1. The van der Waals surface area contributed by atoms with E-state index in [1.54, 1.807) is 33.5 Å². The molecule has 0 bridgehead atoms. The maximum absolute atomic E-state index is 9.46. The highest BCUT2D eigenvalue weighted by Gasteiger charge is 2.21.